The predicted octanol–water partition coefficient (Wildman–Crippen LogP) is 2.97. The molecule has 0 spiro atoms. The van der Waals surface area contributed by atoms with Gasteiger partial charge in [0.25, 0.3) is 5.56 Å². The van der Waals surface area contributed by atoms with Crippen LogP contribution in [-0.4, -0.2) is 15.5 Å². The van der Waals surface area contributed by atoms with Gasteiger partial charge >= 0.3 is 5.69 Å². The van der Waals surface area contributed by atoms with Crippen molar-refractivity contribution in [2.45, 2.75) is 13.5 Å². The lowest BCUT2D eigenvalue weighted by atomic mass is 10.1. The van der Waals surface area contributed by atoms with Crippen LogP contribution in [0.3, 0.4) is 0 Å². The van der Waals surface area contributed by atoms with E-state index in [2.05, 4.69) is 26.2 Å². The van der Waals surface area contributed by atoms with Crippen molar-refractivity contribution in [1.29, 1.82) is 0 Å². The van der Waals surface area contributed by atoms with E-state index in [4.69, 9.17) is 0 Å². The summed E-state index contributed by atoms with van der Waals surface area (Å²) in [5, 5.41) is 4.80. The molecule has 0 aliphatic rings. The number of anilines is 1. The first-order chi connectivity index (χ1) is 11.9. The summed E-state index contributed by atoms with van der Waals surface area (Å²) in [4.78, 5) is 38.6. The zero-order chi connectivity index (χ0) is 18.0. The number of thiophene rings is 1. The Kier molecular flexibility index (Phi) is 5.00. The monoisotopic (exact) mass is 419 g/mol. The van der Waals surface area contributed by atoms with Crippen LogP contribution in [0.1, 0.15) is 5.56 Å². The van der Waals surface area contributed by atoms with E-state index in [9.17, 15) is 14.4 Å². The van der Waals surface area contributed by atoms with Crippen LogP contribution in [0.25, 0.3) is 10.4 Å². The molecule has 0 saturated heterocycles. The average Bonchev–Trinajstić information content (AvgIpc) is 2.99. The first-order valence-electron chi connectivity index (χ1n) is 7.37. The van der Waals surface area contributed by atoms with Gasteiger partial charge in [0.1, 0.15) is 6.54 Å². The van der Waals surface area contributed by atoms with Gasteiger partial charge in [0, 0.05) is 16.8 Å². The molecule has 0 aliphatic carbocycles. The molecule has 25 heavy (non-hydrogen) atoms. The maximum Gasteiger partial charge on any atom is 0.328 e. The molecule has 0 radical (unpaired) electrons. The number of aromatic amines is 1. The van der Waals surface area contributed by atoms with Gasteiger partial charge in [0.2, 0.25) is 5.91 Å². The third kappa shape index (κ3) is 3.97. The first-order valence-corrected chi connectivity index (χ1v) is 9.05. The summed E-state index contributed by atoms with van der Waals surface area (Å²) < 4.78 is 1.32. The first kappa shape index (κ1) is 17.4. The zero-order valence-electron chi connectivity index (χ0n) is 13.2. The smallest absolute Gasteiger partial charge is 0.325 e. The minimum absolute atomic E-state index is 0.190. The van der Waals surface area contributed by atoms with Gasteiger partial charge in [-0.25, -0.2) is 4.79 Å². The summed E-state index contributed by atoms with van der Waals surface area (Å²) in [5.74, 6) is -0.360. The Morgan fingerprint density at radius 2 is 2.12 bits per heavy atom. The van der Waals surface area contributed by atoms with Gasteiger partial charge in [0.15, 0.2) is 0 Å². The molecule has 0 bridgehead atoms. The van der Waals surface area contributed by atoms with Crippen molar-refractivity contribution < 1.29 is 4.79 Å². The number of aryl methyl sites for hydroxylation is 1. The molecule has 0 atom stereocenters. The highest BCUT2D eigenvalue weighted by Crippen LogP contribution is 2.30. The number of hydrogen-bond donors (Lipinski definition) is 2. The summed E-state index contributed by atoms with van der Waals surface area (Å²) in [7, 11) is 0. The molecule has 3 rings (SSSR count). The number of carbonyl (C=O) groups excluding carboxylic acids is 1. The molecule has 2 N–H and O–H groups in total. The number of nitrogens with one attached hydrogen (secondary N) is 2. The van der Waals surface area contributed by atoms with Crippen molar-refractivity contribution in [2.24, 2.45) is 0 Å². The van der Waals surface area contributed by atoms with Crippen LogP contribution in [0.4, 0.5) is 5.69 Å². The van der Waals surface area contributed by atoms with E-state index in [1.165, 1.54) is 11.8 Å². The zero-order valence-corrected chi connectivity index (χ0v) is 15.6. The molecule has 0 fully saturated rings. The predicted molar refractivity (Wildman–Crippen MR) is 102 cm³/mol. The van der Waals surface area contributed by atoms with Crippen LogP contribution in [0, 0.1) is 6.92 Å². The number of carbonyl (C=O) groups is 1. The third-order valence-corrected chi connectivity index (χ3v) is 5.18. The van der Waals surface area contributed by atoms with Gasteiger partial charge in [0.05, 0.1) is 4.47 Å². The average molecular weight is 420 g/mol. The molecule has 0 aliphatic heterocycles. The Labute approximate surface area is 155 Å². The van der Waals surface area contributed by atoms with Crippen LogP contribution < -0.4 is 16.6 Å². The number of rotatable bonds is 4. The van der Waals surface area contributed by atoms with Crippen molar-refractivity contribution >= 4 is 38.9 Å². The molecule has 8 heteroatoms. The standard InChI is InChI=1S/C17H14BrN3O3S/c1-10-5-6-25-15(10)11-3-2-4-12(7-11)19-14(22)9-21-8-13(18)16(23)20-17(21)24/h2-8H,9H2,1H3,(H,19,22)(H,20,23,24). The lowest BCUT2D eigenvalue weighted by Crippen LogP contribution is -2.33. The molecule has 2 aromatic heterocycles. The second-order valence-electron chi connectivity index (χ2n) is 5.43. The minimum atomic E-state index is -0.633. The largest absolute Gasteiger partial charge is 0.328 e. The summed E-state index contributed by atoms with van der Waals surface area (Å²) >= 11 is 4.68. The Morgan fingerprint density at radius 3 is 2.84 bits per heavy atom. The summed E-state index contributed by atoms with van der Waals surface area (Å²) in [6.07, 6.45) is 1.30. The number of halogens is 1. The fraction of sp³-hybridized carbons (Fsp3) is 0.118. The quantitative estimate of drug-likeness (QED) is 0.681. The molecular formula is C17H14BrN3O3S. The van der Waals surface area contributed by atoms with Gasteiger partial charge in [-0.3, -0.25) is 19.1 Å². The molecule has 6 nitrogen and oxygen atoms in total. The van der Waals surface area contributed by atoms with E-state index in [1.54, 1.807) is 17.4 Å². The van der Waals surface area contributed by atoms with Gasteiger partial charge in [-0.2, -0.15) is 0 Å². The van der Waals surface area contributed by atoms with Crippen molar-refractivity contribution in [1.82, 2.24) is 9.55 Å². The Bertz CT molecular complexity index is 1050. The van der Waals surface area contributed by atoms with Crippen LogP contribution in [0.2, 0.25) is 0 Å². The molecule has 1 amide bonds. The number of nitrogens with zero attached hydrogens (tertiary/aromatic N) is 1. The number of H-pyrrole nitrogens is 1. The highest BCUT2D eigenvalue weighted by molar-refractivity contribution is 9.10. The van der Waals surface area contributed by atoms with Crippen molar-refractivity contribution in [3.63, 3.8) is 0 Å². The second-order valence-corrected chi connectivity index (χ2v) is 7.20. The van der Waals surface area contributed by atoms with Crippen LogP contribution in [0.5, 0.6) is 0 Å². The van der Waals surface area contributed by atoms with E-state index in [1.807, 2.05) is 36.6 Å². The molecule has 0 saturated carbocycles. The maximum absolute atomic E-state index is 12.2. The molecular weight excluding hydrogens is 406 g/mol. The summed E-state index contributed by atoms with van der Waals surface area (Å²) in [6.45, 7) is 1.84. The van der Waals surface area contributed by atoms with Gasteiger partial charge in [-0.1, -0.05) is 12.1 Å². The summed E-state index contributed by atoms with van der Waals surface area (Å²) in [6, 6.07) is 9.58. The normalized spacial score (nSPS) is 10.6. The van der Waals surface area contributed by atoms with E-state index in [0.29, 0.717) is 5.69 Å². The van der Waals surface area contributed by atoms with Gasteiger partial charge in [-0.15, -0.1) is 11.3 Å². The lowest BCUT2D eigenvalue weighted by molar-refractivity contribution is -0.116. The van der Waals surface area contributed by atoms with Crippen LogP contribution >= 0.6 is 27.3 Å². The highest BCUT2D eigenvalue weighted by Gasteiger charge is 2.09. The van der Waals surface area contributed by atoms with Crippen LogP contribution in [0.15, 0.2) is 56.0 Å². The Balaban J connectivity index is 1.78. The van der Waals surface area contributed by atoms with E-state index in [-0.39, 0.29) is 16.9 Å². The summed E-state index contributed by atoms with van der Waals surface area (Å²) in [5.41, 5.74) is 1.69. The third-order valence-electron chi connectivity index (χ3n) is 3.55. The molecule has 1 aromatic carbocycles. The maximum atomic E-state index is 12.2. The lowest BCUT2D eigenvalue weighted by Gasteiger charge is -2.09. The SMILES string of the molecule is Cc1ccsc1-c1cccc(NC(=O)Cn2cc(Br)c(=O)[nH]c2=O)c1. The van der Waals surface area contributed by atoms with E-state index < -0.39 is 11.2 Å². The molecule has 3 aromatic rings. The number of aromatic nitrogens is 2. The number of amides is 1. The van der Waals surface area contributed by atoms with E-state index >= 15 is 0 Å². The topological polar surface area (TPSA) is 84.0 Å². The Morgan fingerprint density at radius 1 is 1.32 bits per heavy atom. The molecule has 0 unspecified atom stereocenters. The molecule has 128 valence electrons. The highest BCUT2D eigenvalue weighted by atomic mass is 79.9. The fourth-order valence-corrected chi connectivity index (χ4v) is 3.63. The van der Waals surface area contributed by atoms with Gasteiger partial charge < -0.3 is 5.32 Å². The van der Waals surface area contributed by atoms with Crippen molar-refractivity contribution in [3.05, 3.63) is 72.8 Å². The van der Waals surface area contributed by atoms with Crippen LogP contribution in [-0.2, 0) is 11.3 Å². The molecule has 2 heterocycles. The van der Waals surface area contributed by atoms with Crippen molar-refractivity contribution in [2.75, 3.05) is 5.32 Å². The fourth-order valence-electron chi connectivity index (χ4n) is 2.36. The van der Waals surface area contributed by atoms with Crippen molar-refractivity contribution in [3.8, 4) is 10.4 Å². The second kappa shape index (κ2) is 7.20. The van der Waals surface area contributed by atoms with E-state index in [0.717, 1.165) is 15.0 Å². The Hall–Kier alpha value is -2.45. The number of hydrogen-bond acceptors (Lipinski definition) is 4. The number of benzene rings is 1. The van der Waals surface area contributed by atoms with Gasteiger partial charge in [-0.05, 0) is 57.6 Å². The minimum Gasteiger partial charge on any atom is -0.325 e.